The summed E-state index contributed by atoms with van der Waals surface area (Å²) in [6, 6.07) is 63.6. The second kappa shape index (κ2) is 57.1. The van der Waals surface area contributed by atoms with Crippen LogP contribution < -0.4 is 32.4 Å². The van der Waals surface area contributed by atoms with Crippen molar-refractivity contribution < 1.29 is 92.8 Å². The summed E-state index contributed by atoms with van der Waals surface area (Å²) >= 11 is 0. The van der Waals surface area contributed by atoms with Crippen LogP contribution in [-0.2, 0) is 107 Å². The molecule has 95 heavy (non-hydrogen) atoms. The van der Waals surface area contributed by atoms with Gasteiger partial charge in [0.25, 0.3) is 0 Å². The molecule has 0 N–H and O–H groups in total. The van der Waals surface area contributed by atoms with Gasteiger partial charge in [-0.05, 0) is 53.4 Å². The van der Waals surface area contributed by atoms with Crippen LogP contribution >= 0.6 is 0 Å². The third-order valence-corrected chi connectivity index (χ3v) is 14.3. The number of aryl methyl sites for hydroxylation is 5. The molecule has 0 saturated carbocycles. The molecule has 0 atom stereocenters. The van der Waals surface area contributed by atoms with Gasteiger partial charge in [0, 0.05) is 167 Å². The van der Waals surface area contributed by atoms with Crippen LogP contribution in [0.3, 0.4) is 0 Å². The fraction of sp³-hybridized carbons (Fsp3) is 0.400. The Balaban J connectivity index is -0.00000102. The number of hydrogen-bond donors (Lipinski definition) is 0. The molecule has 7 heterocycles. The van der Waals surface area contributed by atoms with Crippen LogP contribution in [0.1, 0.15) is 236 Å². The zero-order valence-electron chi connectivity index (χ0n) is 63.9. The van der Waals surface area contributed by atoms with Gasteiger partial charge in [0.05, 0.1) is 0 Å². The summed E-state index contributed by atoms with van der Waals surface area (Å²) < 4.78 is 13.0. The minimum atomic E-state index is 0. The van der Waals surface area contributed by atoms with Crippen LogP contribution in [0.15, 0.2) is 250 Å². The van der Waals surface area contributed by atoms with Gasteiger partial charge >= 0.3 is 0 Å². The van der Waals surface area contributed by atoms with E-state index >= 15 is 0 Å². The molecule has 0 amide bonds. The molecule has 0 aliphatic heterocycles. The van der Waals surface area contributed by atoms with E-state index < -0.39 is 0 Å². The Kier molecular flexibility index (Phi) is 56.0. The van der Waals surface area contributed by atoms with Crippen LogP contribution in [-0.4, -0.2) is 4.98 Å². The molecule has 2 radical (unpaired) electrons. The van der Waals surface area contributed by atoms with Crippen LogP contribution in [0.25, 0.3) is 0 Å². The molecule has 0 spiro atoms. The Labute approximate surface area is 631 Å². The third-order valence-electron chi connectivity index (χ3n) is 14.3. The number of benzene rings is 3. The van der Waals surface area contributed by atoms with Crippen molar-refractivity contribution in [3.05, 3.63) is 306 Å². The Morgan fingerprint density at radius 3 is 0.989 bits per heavy atom. The maximum Gasteiger partial charge on any atom is 0.184 e. The Hall–Kier alpha value is -6.02. The summed E-state index contributed by atoms with van der Waals surface area (Å²) in [6.07, 6.45) is 22.3. The SMILES string of the molecule is CC.CC.CC.CC(C)c1cc[n+](C)cc1.CC(C)c1cc[n+](Cc2ccccc2)cc1.CC(C)c1ccc[n+](C)c1.CC(C)c1cccc[n+]1C.CC(C)c1cccc[n+]1C.CC(C)c1cccc[n+]1Cc1ccccc1.CC(C)c1ccccc1.Cc1ncc[n-]1.[Y].[Y]. The molecule has 0 aliphatic rings. The van der Waals surface area contributed by atoms with Crippen molar-refractivity contribution in [1.29, 1.82) is 0 Å². The number of aromatic nitrogens is 8. The second-order valence-corrected chi connectivity index (χ2v) is 24.2. The van der Waals surface area contributed by atoms with E-state index in [4.69, 9.17) is 0 Å². The Morgan fingerprint density at radius 1 is 0.326 bits per heavy atom. The minimum absolute atomic E-state index is 0. The molecule has 0 aliphatic carbocycles. The summed E-state index contributed by atoms with van der Waals surface area (Å²) in [5, 5.41) is 0. The molecule has 3 aromatic carbocycles. The van der Waals surface area contributed by atoms with E-state index in [9.17, 15) is 0 Å². The topological polar surface area (TPSA) is 50.3 Å². The predicted molar refractivity (Wildman–Crippen MR) is 396 cm³/mol. The molecule has 7 aromatic heterocycles. The molecular formula is C85H127N8Y2+5. The van der Waals surface area contributed by atoms with E-state index in [0.29, 0.717) is 41.4 Å². The zero-order chi connectivity index (χ0) is 70.1. The summed E-state index contributed by atoms with van der Waals surface area (Å²) in [6.45, 7) is 46.7. The molecular weight excluding hydrogens is 1310 g/mol. The van der Waals surface area contributed by atoms with Crippen LogP contribution in [0.2, 0.25) is 0 Å². The van der Waals surface area contributed by atoms with Gasteiger partial charge in [0.15, 0.2) is 85.9 Å². The first-order valence-electron chi connectivity index (χ1n) is 34.4. The first-order valence-corrected chi connectivity index (χ1v) is 34.4. The first kappa shape index (κ1) is 93.2. The van der Waals surface area contributed by atoms with Crippen molar-refractivity contribution in [2.45, 2.75) is 200 Å². The van der Waals surface area contributed by atoms with E-state index in [2.05, 4.69) is 357 Å². The molecule has 10 heteroatoms. The van der Waals surface area contributed by atoms with Gasteiger partial charge < -0.3 is 9.97 Å². The zero-order valence-corrected chi connectivity index (χ0v) is 69.5. The summed E-state index contributed by atoms with van der Waals surface area (Å²) in [7, 11) is 8.24. The standard InChI is InChI=1S/2C15H18N.4C9H14N.C9H12.C4H5N2.3C2H6.2Y/c1-13(2)15-10-6-7-11-16(15)12-14-8-4-3-5-9-14;1-13(2)15-8-10-16(11-9-15)12-14-6-4-3-5-7-14;1-8(2)9-4-6-10(3)7-5-9;1-8(2)9-5-4-6-10(3)7-9;2*1-8(2)9-6-4-5-7-10(9)3;1-8(2)9-6-4-3-5-7-9;1-4-5-2-3-6-4;3*1-2;;/h2*3-11,13H,12H2,1-2H3;4*4-8H,1-3H3;3-8H,1-2H3;2-3H,1H3;3*1-2H3;;/q6*+1;;-1;;;;;. The number of imidazole rings is 1. The van der Waals surface area contributed by atoms with Crippen molar-refractivity contribution in [1.82, 2.24) is 9.97 Å². The summed E-state index contributed by atoms with van der Waals surface area (Å²) in [4.78, 5) is 7.61. The molecule has 8 nitrogen and oxygen atoms in total. The van der Waals surface area contributed by atoms with Gasteiger partial charge in [-0.3, -0.25) is 0 Å². The molecule has 10 aromatic rings. The molecule has 0 fully saturated rings. The number of pyridine rings is 6. The van der Waals surface area contributed by atoms with Gasteiger partial charge in [-0.1, -0.05) is 266 Å². The predicted octanol–water partition coefficient (Wildman–Crippen LogP) is 19.1. The van der Waals surface area contributed by atoms with E-state index in [1.807, 2.05) is 91.5 Å². The third kappa shape index (κ3) is 42.3. The molecule has 508 valence electrons. The molecule has 0 unspecified atom stereocenters. The van der Waals surface area contributed by atoms with Gasteiger partial charge in [-0.15, -0.1) is 0 Å². The van der Waals surface area contributed by atoms with Gasteiger partial charge in [0.1, 0.15) is 28.2 Å². The van der Waals surface area contributed by atoms with E-state index in [0.717, 1.165) is 18.9 Å². The molecule has 0 bridgehead atoms. The largest absolute Gasteiger partial charge is 0.447 e. The van der Waals surface area contributed by atoms with Crippen LogP contribution in [0.4, 0.5) is 0 Å². The quantitative estimate of drug-likeness (QED) is 0.121. The fourth-order valence-electron chi connectivity index (χ4n) is 8.97. The first-order chi connectivity index (χ1) is 44.6. The van der Waals surface area contributed by atoms with E-state index in [1.165, 1.54) is 50.5 Å². The average Bonchev–Trinajstić information content (AvgIpc) is 1.64. The van der Waals surface area contributed by atoms with E-state index in [-0.39, 0.29) is 65.4 Å². The van der Waals surface area contributed by atoms with E-state index in [1.54, 1.807) is 12.4 Å². The van der Waals surface area contributed by atoms with Crippen molar-refractivity contribution in [2.75, 3.05) is 0 Å². The molecule has 10 rings (SSSR count). The fourth-order valence-corrected chi connectivity index (χ4v) is 8.97. The summed E-state index contributed by atoms with van der Waals surface area (Å²) in [5.41, 5.74) is 12.4. The Morgan fingerprint density at radius 2 is 0.674 bits per heavy atom. The average molecular weight is 1440 g/mol. The number of rotatable bonds is 11. The van der Waals surface area contributed by atoms with Crippen molar-refractivity contribution >= 4 is 0 Å². The normalized spacial score (nSPS) is 9.68. The minimum Gasteiger partial charge on any atom is -0.447 e. The van der Waals surface area contributed by atoms with Gasteiger partial charge in [0.2, 0.25) is 0 Å². The van der Waals surface area contributed by atoms with Crippen LogP contribution in [0, 0.1) is 6.92 Å². The van der Waals surface area contributed by atoms with Crippen molar-refractivity contribution in [3.63, 3.8) is 0 Å². The van der Waals surface area contributed by atoms with Crippen molar-refractivity contribution in [3.8, 4) is 0 Å². The van der Waals surface area contributed by atoms with Gasteiger partial charge in [-0.25, -0.2) is 22.8 Å². The summed E-state index contributed by atoms with van der Waals surface area (Å²) in [5.74, 6) is 5.17. The maximum atomic E-state index is 3.81. The smallest absolute Gasteiger partial charge is 0.184 e. The van der Waals surface area contributed by atoms with Gasteiger partial charge in [-0.2, -0.15) is 4.57 Å². The number of hydrogen-bond acceptors (Lipinski definition) is 1. The monoisotopic (exact) mass is 1440 g/mol. The Bertz CT molecular complexity index is 3280. The van der Waals surface area contributed by atoms with Crippen molar-refractivity contribution in [2.24, 2.45) is 28.2 Å². The molecule has 0 saturated heterocycles. The number of nitrogens with zero attached hydrogens (tertiary/aromatic N) is 8. The maximum absolute atomic E-state index is 3.81. The van der Waals surface area contributed by atoms with Crippen LogP contribution in [0.5, 0.6) is 0 Å². The second-order valence-electron chi connectivity index (χ2n) is 24.2.